The number of phenols is 1. The summed E-state index contributed by atoms with van der Waals surface area (Å²) in [5, 5.41) is 15.0. The van der Waals surface area contributed by atoms with Gasteiger partial charge in [-0.05, 0) is 24.3 Å². The molecule has 6 nitrogen and oxygen atoms in total. The maximum atomic E-state index is 11.9. The predicted molar refractivity (Wildman–Crippen MR) is 75.4 cm³/mol. The van der Waals surface area contributed by atoms with Gasteiger partial charge < -0.3 is 20.6 Å². The van der Waals surface area contributed by atoms with E-state index < -0.39 is 0 Å². The summed E-state index contributed by atoms with van der Waals surface area (Å²) in [5.41, 5.74) is 0.613. The minimum Gasteiger partial charge on any atom is -0.508 e. The number of nitrogens with zero attached hydrogens (tertiary/aromatic N) is 1. The quantitative estimate of drug-likeness (QED) is 0.702. The molecular weight excluding hydrogens is 258 g/mol. The molecule has 1 saturated heterocycles. The van der Waals surface area contributed by atoms with Gasteiger partial charge in [0.2, 0.25) is 11.8 Å². The van der Waals surface area contributed by atoms with Crippen LogP contribution in [0.2, 0.25) is 0 Å². The Morgan fingerprint density at radius 3 is 2.45 bits per heavy atom. The van der Waals surface area contributed by atoms with E-state index in [2.05, 4.69) is 10.6 Å². The second-order valence-corrected chi connectivity index (χ2v) is 4.73. The molecule has 20 heavy (non-hydrogen) atoms. The molecule has 0 radical (unpaired) electrons. The van der Waals surface area contributed by atoms with Crippen molar-refractivity contribution in [3.05, 3.63) is 24.3 Å². The molecule has 0 spiro atoms. The molecule has 0 atom stereocenters. The Hall–Kier alpha value is -2.08. The van der Waals surface area contributed by atoms with Crippen LogP contribution < -0.4 is 10.6 Å². The minimum absolute atomic E-state index is 0.0207. The van der Waals surface area contributed by atoms with Crippen LogP contribution in [0, 0.1) is 0 Å². The number of hydrogen-bond donors (Lipinski definition) is 3. The number of hydrogen-bond acceptors (Lipinski definition) is 4. The van der Waals surface area contributed by atoms with Crippen molar-refractivity contribution in [3.8, 4) is 5.75 Å². The van der Waals surface area contributed by atoms with Gasteiger partial charge in [0.1, 0.15) is 5.75 Å². The Morgan fingerprint density at radius 1 is 1.15 bits per heavy atom. The van der Waals surface area contributed by atoms with Crippen LogP contribution >= 0.6 is 0 Å². The first-order valence-corrected chi connectivity index (χ1v) is 6.72. The smallest absolute Gasteiger partial charge is 0.224 e. The lowest BCUT2D eigenvalue weighted by molar-refractivity contribution is -0.133. The summed E-state index contributed by atoms with van der Waals surface area (Å²) in [5.74, 6) is -0.0246. The SMILES string of the molecule is O=C(CCC(=O)N1CCNCC1)Nc1ccc(O)cc1. The number of aromatic hydroxyl groups is 1. The van der Waals surface area contributed by atoms with Gasteiger partial charge in [-0.3, -0.25) is 9.59 Å². The van der Waals surface area contributed by atoms with Crippen molar-refractivity contribution in [1.29, 1.82) is 0 Å². The van der Waals surface area contributed by atoms with Gasteiger partial charge in [0, 0.05) is 44.7 Å². The third-order valence-corrected chi connectivity index (χ3v) is 3.19. The van der Waals surface area contributed by atoms with Crippen molar-refractivity contribution >= 4 is 17.5 Å². The second kappa shape index (κ2) is 6.91. The Labute approximate surface area is 117 Å². The van der Waals surface area contributed by atoms with Crippen molar-refractivity contribution in [2.75, 3.05) is 31.5 Å². The molecule has 0 aliphatic carbocycles. The summed E-state index contributed by atoms with van der Waals surface area (Å²) < 4.78 is 0. The molecule has 1 aromatic carbocycles. The third-order valence-electron chi connectivity index (χ3n) is 3.19. The van der Waals surface area contributed by atoms with E-state index in [4.69, 9.17) is 5.11 Å². The number of rotatable bonds is 4. The molecule has 3 N–H and O–H groups in total. The van der Waals surface area contributed by atoms with Gasteiger partial charge in [0.25, 0.3) is 0 Å². The summed E-state index contributed by atoms with van der Waals surface area (Å²) in [6, 6.07) is 6.24. The molecule has 1 aliphatic rings. The average Bonchev–Trinajstić information content (AvgIpc) is 2.48. The molecule has 0 unspecified atom stereocenters. The highest BCUT2D eigenvalue weighted by atomic mass is 16.3. The molecule has 2 amide bonds. The lowest BCUT2D eigenvalue weighted by Crippen LogP contribution is -2.46. The van der Waals surface area contributed by atoms with E-state index in [1.807, 2.05) is 0 Å². The summed E-state index contributed by atoms with van der Waals surface area (Å²) in [6.07, 6.45) is 0.396. The molecular formula is C14H19N3O3. The van der Waals surface area contributed by atoms with Crippen LogP contribution in [0.15, 0.2) is 24.3 Å². The van der Waals surface area contributed by atoms with Gasteiger partial charge in [-0.1, -0.05) is 0 Å². The molecule has 1 fully saturated rings. The number of nitrogens with one attached hydrogen (secondary N) is 2. The highest BCUT2D eigenvalue weighted by molar-refractivity contribution is 5.93. The van der Waals surface area contributed by atoms with Crippen LogP contribution in [0.3, 0.4) is 0 Å². The van der Waals surface area contributed by atoms with E-state index in [9.17, 15) is 9.59 Å². The third kappa shape index (κ3) is 4.24. The number of amides is 2. The number of benzene rings is 1. The minimum atomic E-state index is -0.195. The van der Waals surface area contributed by atoms with Crippen LogP contribution in [0.5, 0.6) is 5.75 Å². The monoisotopic (exact) mass is 277 g/mol. The van der Waals surface area contributed by atoms with Crippen molar-refractivity contribution in [3.63, 3.8) is 0 Å². The highest BCUT2D eigenvalue weighted by Crippen LogP contribution is 2.14. The number of phenolic OH excluding ortho intramolecular Hbond substituents is 1. The van der Waals surface area contributed by atoms with E-state index >= 15 is 0 Å². The molecule has 108 valence electrons. The highest BCUT2D eigenvalue weighted by Gasteiger charge is 2.16. The Morgan fingerprint density at radius 2 is 1.80 bits per heavy atom. The fraction of sp³-hybridized carbons (Fsp3) is 0.429. The lowest BCUT2D eigenvalue weighted by atomic mass is 10.2. The molecule has 1 aromatic rings. The summed E-state index contributed by atoms with van der Waals surface area (Å²) >= 11 is 0. The molecule has 1 aliphatic heterocycles. The Balaban J connectivity index is 1.74. The standard InChI is InChI=1S/C14H19N3O3/c18-12-3-1-11(2-4-12)16-13(19)5-6-14(20)17-9-7-15-8-10-17/h1-4,15,18H,5-10H2,(H,16,19). The molecule has 2 rings (SSSR count). The zero-order valence-electron chi connectivity index (χ0n) is 11.3. The van der Waals surface area contributed by atoms with Crippen LogP contribution in [0.4, 0.5) is 5.69 Å². The fourth-order valence-corrected chi connectivity index (χ4v) is 2.06. The topological polar surface area (TPSA) is 81.7 Å². The first kappa shape index (κ1) is 14.3. The predicted octanol–water partition coefficient (Wildman–Crippen LogP) is 0.543. The van der Waals surface area contributed by atoms with Crippen molar-refractivity contribution < 1.29 is 14.7 Å². The van der Waals surface area contributed by atoms with Crippen molar-refractivity contribution in [1.82, 2.24) is 10.2 Å². The molecule has 6 heteroatoms. The summed E-state index contributed by atoms with van der Waals surface area (Å²) in [4.78, 5) is 25.4. The Kier molecular flexibility index (Phi) is 4.95. The van der Waals surface area contributed by atoms with Gasteiger partial charge >= 0.3 is 0 Å². The normalized spacial score (nSPS) is 14.9. The van der Waals surface area contributed by atoms with E-state index in [1.165, 1.54) is 12.1 Å². The van der Waals surface area contributed by atoms with Gasteiger partial charge in [0.05, 0.1) is 0 Å². The van der Waals surface area contributed by atoms with Crippen LogP contribution in [0.25, 0.3) is 0 Å². The largest absolute Gasteiger partial charge is 0.508 e. The molecule has 0 saturated carbocycles. The summed E-state index contributed by atoms with van der Waals surface area (Å²) in [6.45, 7) is 3.04. The van der Waals surface area contributed by atoms with E-state index in [1.54, 1.807) is 17.0 Å². The lowest BCUT2D eigenvalue weighted by Gasteiger charge is -2.27. The van der Waals surface area contributed by atoms with Gasteiger partial charge in [-0.2, -0.15) is 0 Å². The van der Waals surface area contributed by atoms with Gasteiger partial charge in [-0.15, -0.1) is 0 Å². The number of piperazine rings is 1. The molecule has 0 aromatic heterocycles. The van der Waals surface area contributed by atoms with Crippen molar-refractivity contribution in [2.24, 2.45) is 0 Å². The number of anilines is 1. The maximum absolute atomic E-state index is 11.9. The first-order valence-electron chi connectivity index (χ1n) is 6.72. The average molecular weight is 277 g/mol. The van der Waals surface area contributed by atoms with Crippen LogP contribution in [0.1, 0.15) is 12.8 Å². The maximum Gasteiger partial charge on any atom is 0.224 e. The number of carbonyl (C=O) groups excluding carboxylic acids is 2. The van der Waals surface area contributed by atoms with E-state index in [0.717, 1.165) is 13.1 Å². The second-order valence-electron chi connectivity index (χ2n) is 4.73. The molecule has 0 bridgehead atoms. The van der Waals surface area contributed by atoms with Crippen LogP contribution in [-0.2, 0) is 9.59 Å². The zero-order valence-corrected chi connectivity index (χ0v) is 11.3. The summed E-state index contributed by atoms with van der Waals surface area (Å²) in [7, 11) is 0. The van der Waals surface area contributed by atoms with Gasteiger partial charge in [0.15, 0.2) is 0 Å². The first-order chi connectivity index (χ1) is 9.65. The Bertz CT molecular complexity index is 467. The number of carbonyl (C=O) groups is 2. The van der Waals surface area contributed by atoms with Gasteiger partial charge in [-0.25, -0.2) is 0 Å². The zero-order chi connectivity index (χ0) is 14.4. The van der Waals surface area contributed by atoms with Crippen molar-refractivity contribution in [2.45, 2.75) is 12.8 Å². The fourth-order valence-electron chi connectivity index (χ4n) is 2.06. The van der Waals surface area contributed by atoms with E-state index in [0.29, 0.717) is 18.8 Å². The molecule has 1 heterocycles. The van der Waals surface area contributed by atoms with E-state index in [-0.39, 0.29) is 30.4 Å². The van der Waals surface area contributed by atoms with Crippen LogP contribution in [-0.4, -0.2) is 48.0 Å².